The number of halogens is 2. The fraction of sp³-hybridized carbons (Fsp3) is 0.150. The molecule has 0 radical (unpaired) electrons. The molecule has 0 fully saturated rings. The molecule has 0 N–H and O–H groups in total. The van der Waals surface area contributed by atoms with Crippen LogP contribution in [0.25, 0.3) is 12.2 Å². The van der Waals surface area contributed by atoms with Crippen molar-refractivity contribution < 1.29 is 21.3 Å². The molecule has 3 heteroatoms. The van der Waals surface area contributed by atoms with Crippen LogP contribution in [-0.2, 0) is 21.3 Å². The van der Waals surface area contributed by atoms with Gasteiger partial charge in [-0.05, 0) is 0 Å². The van der Waals surface area contributed by atoms with Crippen molar-refractivity contribution in [2.75, 3.05) is 0 Å². The van der Waals surface area contributed by atoms with Crippen LogP contribution in [0.4, 0.5) is 0 Å². The topological polar surface area (TPSA) is 0 Å². The normalized spacial score (nSPS) is 20.7. The van der Waals surface area contributed by atoms with Crippen molar-refractivity contribution in [3.63, 3.8) is 0 Å². The second kappa shape index (κ2) is 6.63. The molecule has 114 valence electrons. The van der Waals surface area contributed by atoms with Crippen molar-refractivity contribution in [3.05, 3.63) is 82.9 Å². The molecule has 0 spiro atoms. The summed E-state index contributed by atoms with van der Waals surface area (Å²) in [6.07, 6.45) is 9.27. The number of hydrogen-bond donors (Lipinski definition) is 0. The number of alkyl halides is 2. The summed E-state index contributed by atoms with van der Waals surface area (Å²) in [5.74, 6) is 0. The van der Waals surface area contributed by atoms with Crippen molar-refractivity contribution in [1.29, 1.82) is 0 Å². The van der Waals surface area contributed by atoms with Crippen molar-refractivity contribution >= 4 is 39.1 Å². The van der Waals surface area contributed by atoms with Gasteiger partial charge in [-0.2, -0.15) is 0 Å². The monoisotopic (exact) mass is 416 g/mol. The van der Waals surface area contributed by atoms with Gasteiger partial charge in [0.1, 0.15) is 0 Å². The van der Waals surface area contributed by atoms with Crippen molar-refractivity contribution in [2.24, 2.45) is 0 Å². The molecule has 2 atom stereocenters. The summed E-state index contributed by atoms with van der Waals surface area (Å²) in [4.78, 5) is -0.383. The minimum atomic E-state index is -2.13. The molecular weight excluding hydrogens is 402 g/mol. The number of allylic oxidation sites excluding steroid dienone is 2. The molecule has 0 nitrogen and oxygen atoms in total. The summed E-state index contributed by atoms with van der Waals surface area (Å²) in [6.45, 7) is 0. The van der Waals surface area contributed by atoms with Gasteiger partial charge < -0.3 is 0 Å². The first-order valence-electron chi connectivity index (χ1n) is 7.78. The molecule has 4 rings (SSSR count). The van der Waals surface area contributed by atoms with Crippen LogP contribution < -0.4 is 0 Å². The Balaban J connectivity index is 1.80. The van der Waals surface area contributed by atoms with Gasteiger partial charge in [-0.15, -0.1) is 0 Å². The van der Waals surface area contributed by atoms with E-state index in [1.54, 1.807) is 0 Å². The number of rotatable bonds is 3. The van der Waals surface area contributed by atoms with E-state index in [0.29, 0.717) is 7.25 Å². The molecule has 2 aromatic rings. The average Bonchev–Trinajstić information content (AvgIpc) is 3.17. The van der Waals surface area contributed by atoms with E-state index in [-0.39, 0.29) is 4.84 Å². The zero-order valence-corrected chi connectivity index (χ0v) is 16.5. The zero-order valence-electron chi connectivity index (χ0n) is 12.5. The molecule has 0 heterocycles. The maximum absolute atomic E-state index is 6.19. The van der Waals surface area contributed by atoms with Gasteiger partial charge in [0.2, 0.25) is 0 Å². The Morgan fingerprint density at radius 2 is 1.26 bits per heavy atom. The molecule has 0 bridgehead atoms. The SMILES string of the molecule is ClC(Cl)[CH]=[Zr]([CH]1C=Cc2ccccc21)[CH]1C=Cc2ccccc21. The molecule has 0 amide bonds. The molecule has 2 aromatic carbocycles. The Morgan fingerprint density at radius 3 is 1.74 bits per heavy atom. The molecule has 2 aliphatic carbocycles. The Kier molecular flexibility index (Phi) is 4.55. The van der Waals surface area contributed by atoms with Gasteiger partial charge >= 0.3 is 155 Å². The van der Waals surface area contributed by atoms with Gasteiger partial charge in [-0.1, -0.05) is 0 Å². The first kappa shape index (κ1) is 15.8. The molecule has 0 aliphatic heterocycles. The summed E-state index contributed by atoms with van der Waals surface area (Å²) >= 11 is 10.3. The first-order valence-corrected chi connectivity index (χ1v) is 12.9. The van der Waals surface area contributed by atoms with Crippen LogP contribution in [0.5, 0.6) is 0 Å². The van der Waals surface area contributed by atoms with Gasteiger partial charge in [0.25, 0.3) is 0 Å². The molecule has 23 heavy (non-hydrogen) atoms. The molecule has 2 unspecified atom stereocenters. The van der Waals surface area contributed by atoms with E-state index in [1.165, 1.54) is 22.3 Å². The minimum absolute atomic E-state index is 0.383. The summed E-state index contributed by atoms with van der Waals surface area (Å²) < 4.78 is 3.29. The number of fused-ring (bicyclic) bond motifs is 2. The van der Waals surface area contributed by atoms with Gasteiger partial charge in [0, 0.05) is 0 Å². The van der Waals surface area contributed by atoms with E-state index in [1.807, 2.05) is 0 Å². The Bertz CT molecular complexity index is 770. The van der Waals surface area contributed by atoms with Gasteiger partial charge in [0.05, 0.1) is 0 Å². The molecule has 2 aliphatic rings. The number of hydrogen-bond acceptors (Lipinski definition) is 0. The first-order chi connectivity index (χ1) is 11.2. The maximum atomic E-state index is 6.19. The van der Waals surface area contributed by atoms with Crippen LogP contribution in [0.1, 0.15) is 29.5 Å². The number of benzene rings is 2. The molecular formula is C20H16Cl2Zr. The van der Waals surface area contributed by atoms with Crippen LogP contribution in [0.3, 0.4) is 0 Å². The standard InChI is InChI=1S/2C9H7.C2H2Cl2.Zr/c2*1-2-5-9-7-3-6-8(9)4-1;1-2(3)4;/h2*1-7H;1-2H;. The van der Waals surface area contributed by atoms with E-state index >= 15 is 0 Å². The van der Waals surface area contributed by atoms with E-state index < -0.39 is 21.3 Å². The summed E-state index contributed by atoms with van der Waals surface area (Å²) in [7, 11) is 0. The predicted octanol–water partition coefficient (Wildman–Crippen LogP) is 5.75. The van der Waals surface area contributed by atoms with Crippen molar-refractivity contribution in [3.8, 4) is 0 Å². The second-order valence-electron chi connectivity index (χ2n) is 5.93. The third-order valence-corrected chi connectivity index (χ3v) is 13.7. The Hall–Kier alpha value is -0.747. The van der Waals surface area contributed by atoms with Gasteiger partial charge in [-0.3, -0.25) is 0 Å². The van der Waals surface area contributed by atoms with Crippen LogP contribution in [0.2, 0.25) is 0 Å². The molecule has 0 saturated heterocycles. The van der Waals surface area contributed by atoms with E-state index in [9.17, 15) is 0 Å². The Labute approximate surface area is 154 Å². The fourth-order valence-corrected chi connectivity index (χ4v) is 12.7. The third-order valence-electron chi connectivity index (χ3n) is 4.64. The van der Waals surface area contributed by atoms with Crippen LogP contribution in [0.15, 0.2) is 60.7 Å². The quantitative estimate of drug-likeness (QED) is 0.557. The van der Waals surface area contributed by atoms with Crippen molar-refractivity contribution in [2.45, 2.75) is 12.1 Å². The summed E-state index contributed by atoms with van der Waals surface area (Å²) in [5.41, 5.74) is 5.59. The molecule has 0 aromatic heterocycles. The van der Waals surface area contributed by atoms with Gasteiger partial charge in [0.15, 0.2) is 0 Å². The van der Waals surface area contributed by atoms with Gasteiger partial charge in [-0.25, -0.2) is 0 Å². The van der Waals surface area contributed by atoms with Crippen molar-refractivity contribution in [1.82, 2.24) is 0 Å². The van der Waals surface area contributed by atoms with E-state index in [2.05, 4.69) is 76.5 Å². The fourth-order valence-electron chi connectivity index (χ4n) is 3.63. The zero-order chi connectivity index (χ0) is 15.8. The summed E-state index contributed by atoms with van der Waals surface area (Å²) in [6, 6.07) is 17.4. The van der Waals surface area contributed by atoms with Crippen LogP contribution in [0, 0.1) is 0 Å². The van der Waals surface area contributed by atoms with Crippen LogP contribution >= 0.6 is 23.2 Å². The molecule has 0 saturated carbocycles. The third kappa shape index (κ3) is 3.00. The van der Waals surface area contributed by atoms with E-state index in [4.69, 9.17) is 23.2 Å². The Morgan fingerprint density at radius 1 is 0.783 bits per heavy atom. The predicted molar refractivity (Wildman–Crippen MR) is 98.0 cm³/mol. The summed E-state index contributed by atoms with van der Waals surface area (Å²) in [5, 5.41) is 0. The average molecular weight is 418 g/mol. The second-order valence-corrected chi connectivity index (χ2v) is 13.4. The van der Waals surface area contributed by atoms with Crippen LogP contribution in [-0.4, -0.2) is 8.55 Å². The van der Waals surface area contributed by atoms with E-state index in [0.717, 1.165) is 0 Å².